The van der Waals surface area contributed by atoms with E-state index < -0.39 is 0 Å². The molecule has 1 aromatic carbocycles. The van der Waals surface area contributed by atoms with Gasteiger partial charge in [0.1, 0.15) is 0 Å². The van der Waals surface area contributed by atoms with Crippen molar-refractivity contribution in [3.05, 3.63) is 57.9 Å². The Balaban J connectivity index is 1.97. The van der Waals surface area contributed by atoms with Gasteiger partial charge in [-0.15, -0.1) is 0 Å². The number of halogens is 1. The highest BCUT2D eigenvalue weighted by atomic mass is 35.5. The lowest BCUT2D eigenvalue weighted by atomic mass is 10.0. The zero-order valence-corrected chi connectivity index (χ0v) is 15.6. The van der Waals surface area contributed by atoms with Crippen LogP contribution in [0.4, 0.5) is 0 Å². The number of benzene rings is 1. The van der Waals surface area contributed by atoms with Gasteiger partial charge in [0.05, 0.1) is 22.7 Å². The van der Waals surface area contributed by atoms with Crippen LogP contribution in [-0.2, 0) is 7.05 Å². The third kappa shape index (κ3) is 3.37. The van der Waals surface area contributed by atoms with Gasteiger partial charge in [-0.25, -0.2) is 4.98 Å². The number of pyridine rings is 1. The molecule has 130 valence electrons. The number of nitrogens with zero attached hydrogens (tertiary/aromatic N) is 3. The van der Waals surface area contributed by atoms with Crippen molar-refractivity contribution in [2.24, 2.45) is 7.05 Å². The van der Waals surface area contributed by atoms with Crippen LogP contribution in [0.15, 0.2) is 30.3 Å². The van der Waals surface area contributed by atoms with E-state index in [9.17, 15) is 4.79 Å². The fraction of sp³-hybridized carbons (Fsp3) is 0.316. The lowest BCUT2D eigenvalue weighted by Crippen LogP contribution is -2.28. The summed E-state index contributed by atoms with van der Waals surface area (Å²) >= 11 is 5.96. The second-order valence-electron chi connectivity index (χ2n) is 6.20. The summed E-state index contributed by atoms with van der Waals surface area (Å²) in [7, 11) is 1.84. The lowest BCUT2D eigenvalue weighted by Gasteiger charge is -2.18. The van der Waals surface area contributed by atoms with E-state index in [2.05, 4.69) is 15.4 Å². The second-order valence-corrected chi connectivity index (χ2v) is 6.64. The van der Waals surface area contributed by atoms with Gasteiger partial charge in [0, 0.05) is 17.8 Å². The summed E-state index contributed by atoms with van der Waals surface area (Å²) in [5, 5.41) is 9.01. The minimum absolute atomic E-state index is 0.0785. The summed E-state index contributed by atoms with van der Waals surface area (Å²) in [4.78, 5) is 17.5. The van der Waals surface area contributed by atoms with Crippen molar-refractivity contribution in [3.8, 4) is 0 Å². The predicted octanol–water partition coefficient (Wildman–Crippen LogP) is 4.12. The summed E-state index contributed by atoms with van der Waals surface area (Å²) in [6.07, 6.45) is 0.784. The highest BCUT2D eigenvalue weighted by Gasteiger charge is 2.20. The summed E-state index contributed by atoms with van der Waals surface area (Å²) in [5.41, 5.74) is 3.96. The minimum atomic E-state index is -0.117. The maximum atomic E-state index is 13.0. The Morgan fingerprint density at radius 3 is 2.60 bits per heavy atom. The number of amides is 1. The molecule has 0 spiro atoms. The number of carbonyl (C=O) groups is 1. The molecule has 1 amide bonds. The Hall–Kier alpha value is -2.40. The standard InChI is InChI=1S/C19H21ClN4O/c1-5-16(13-6-8-14(20)9-7-13)22-19(25)15-10-11(2)21-18-17(15)12(3)23-24(18)4/h6-10,16H,5H2,1-4H3,(H,22,25). The molecule has 0 radical (unpaired) electrons. The van der Waals surface area contributed by atoms with Gasteiger partial charge in [0.15, 0.2) is 5.65 Å². The van der Waals surface area contributed by atoms with Crippen LogP contribution in [0.1, 0.15) is 46.7 Å². The van der Waals surface area contributed by atoms with Crippen LogP contribution in [-0.4, -0.2) is 20.7 Å². The molecular formula is C19H21ClN4O. The van der Waals surface area contributed by atoms with Gasteiger partial charge in [0.25, 0.3) is 5.91 Å². The number of aromatic nitrogens is 3. The molecule has 0 saturated carbocycles. The van der Waals surface area contributed by atoms with Crippen LogP contribution >= 0.6 is 11.6 Å². The summed E-state index contributed by atoms with van der Waals surface area (Å²) in [6, 6.07) is 9.31. The minimum Gasteiger partial charge on any atom is -0.345 e. The Kier molecular flexibility index (Phi) is 4.77. The summed E-state index contributed by atoms with van der Waals surface area (Å²) < 4.78 is 1.71. The maximum Gasteiger partial charge on any atom is 0.252 e. The highest BCUT2D eigenvalue weighted by Crippen LogP contribution is 2.24. The Bertz CT molecular complexity index is 931. The third-order valence-corrected chi connectivity index (χ3v) is 4.58. The van der Waals surface area contributed by atoms with E-state index in [1.54, 1.807) is 4.68 Å². The summed E-state index contributed by atoms with van der Waals surface area (Å²) in [6.45, 7) is 5.82. The van der Waals surface area contributed by atoms with Gasteiger partial charge >= 0.3 is 0 Å². The van der Waals surface area contributed by atoms with Crippen LogP contribution in [0.2, 0.25) is 5.02 Å². The smallest absolute Gasteiger partial charge is 0.252 e. The number of fused-ring (bicyclic) bond motifs is 1. The molecule has 5 nitrogen and oxygen atoms in total. The number of rotatable bonds is 4. The molecule has 3 aromatic rings. The Morgan fingerprint density at radius 2 is 1.96 bits per heavy atom. The van der Waals surface area contributed by atoms with Crippen LogP contribution in [0.25, 0.3) is 11.0 Å². The van der Waals surface area contributed by atoms with E-state index >= 15 is 0 Å². The van der Waals surface area contributed by atoms with Crippen LogP contribution < -0.4 is 5.32 Å². The molecule has 1 N–H and O–H groups in total. The molecular weight excluding hydrogens is 336 g/mol. The van der Waals surface area contributed by atoms with Gasteiger partial charge in [-0.1, -0.05) is 30.7 Å². The molecule has 25 heavy (non-hydrogen) atoms. The first-order chi connectivity index (χ1) is 11.9. The predicted molar refractivity (Wildman–Crippen MR) is 99.9 cm³/mol. The van der Waals surface area contributed by atoms with Crippen molar-refractivity contribution in [2.75, 3.05) is 0 Å². The van der Waals surface area contributed by atoms with Crippen molar-refractivity contribution < 1.29 is 4.79 Å². The van der Waals surface area contributed by atoms with E-state index in [-0.39, 0.29) is 11.9 Å². The number of aryl methyl sites for hydroxylation is 3. The third-order valence-electron chi connectivity index (χ3n) is 4.33. The number of carbonyl (C=O) groups excluding carboxylic acids is 1. The van der Waals surface area contributed by atoms with E-state index in [1.165, 1.54) is 0 Å². The van der Waals surface area contributed by atoms with Crippen LogP contribution in [0, 0.1) is 13.8 Å². The molecule has 0 fully saturated rings. The van der Waals surface area contributed by atoms with Crippen molar-refractivity contribution in [1.82, 2.24) is 20.1 Å². The van der Waals surface area contributed by atoms with Crippen LogP contribution in [0.5, 0.6) is 0 Å². The first-order valence-corrected chi connectivity index (χ1v) is 8.65. The van der Waals surface area contributed by atoms with Gasteiger partial charge < -0.3 is 5.32 Å². The van der Waals surface area contributed by atoms with Gasteiger partial charge in [-0.2, -0.15) is 5.10 Å². The molecule has 0 aliphatic carbocycles. The molecule has 3 rings (SSSR count). The van der Waals surface area contributed by atoms with Gasteiger partial charge in [-0.05, 0) is 44.0 Å². The molecule has 0 aliphatic heterocycles. The Labute approximate surface area is 152 Å². The largest absolute Gasteiger partial charge is 0.345 e. The normalized spacial score (nSPS) is 12.4. The fourth-order valence-electron chi connectivity index (χ4n) is 3.10. The molecule has 2 aromatic heterocycles. The molecule has 0 saturated heterocycles. The molecule has 6 heteroatoms. The summed E-state index contributed by atoms with van der Waals surface area (Å²) in [5.74, 6) is -0.117. The first-order valence-electron chi connectivity index (χ1n) is 8.28. The van der Waals surface area contributed by atoms with Gasteiger partial charge in [0.2, 0.25) is 0 Å². The monoisotopic (exact) mass is 356 g/mol. The average Bonchev–Trinajstić information content (AvgIpc) is 2.86. The average molecular weight is 357 g/mol. The van der Waals surface area contributed by atoms with Gasteiger partial charge in [-0.3, -0.25) is 9.48 Å². The number of hydrogen-bond acceptors (Lipinski definition) is 3. The molecule has 2 heterocycles. The maximum absolute atomic E-state index is 13.0. The Morgan fingerprint density at radius 1 is 1.28 bits per heavy atom. The number of nitrogens with one attached hydrogen (secondary N) is 1. The first kappa shape index (κ1) is 17.4. The van der Waals surface area contributed by atoms with Crippen molar-refractivity contribution in [1.29, 1.82) is 0 Å². The van der Waals surface area contributed by atoms with E-state index in [0.717, 1.165) is 34.4 Å². The van der Waals surface area contributed by atoms with E-state index in [4.69, 9.17) is 11.6 Å². The van der Waals surface area contributed by atoms with Crippen LogP contribution in [0.3, 0.4) is 0 Å². The zero-order valence-electron chi connectivity index (χ0n) is 14.8. The topological polar surface area (TPSA) is 59.8 Å². The molecule has 1 atom stereocenters. The van der Waals surface area contributed by atoms with E-state index in [1.807, 2.05) is 58.2 Å². The molecule has 0 aliphatic rings. The van der Waals surface area contributed by atoms with Crippen molar-refractivity contribution in [3.63, 3.8) is 0 Å². The molecule has 1 unspecified atom stereocenters. The van der Waals surface area contributed by atoms with Crippen molar-refractivity contribution in [2.45, 2.75) is 33.2 Å². The second kappa shape index (κ2) is 6.84. The highest BCUT2D eigenvalue weighted by molar-refractivity contribution is 6.30. The molecule has 0 bridgehead atoms. The SMILES string of the molecule is CCC(NC(=O)c1cc(C)nc2c1c(C)nn2C)c1ccc(Cl)cc1. The van der Waals surface area contributed by atoms with E-state index in [0.29, 0.717) is 10.6 Å². The zero-order chi connectivity index (χ0) is 18.1. The van der Waals surface area contributed by atoms with Crippen molar-refractivity contribution >= 4 is 28.5 Å². The quantitative estimate of drug-likeness (QED) is 0.765. The lowest BCUT2D eigenvalue weighted by molar-refractivity contribution is 0.0937. The number of hydrogen-bond donors (Lipinski definition) is 1. The fourth-order valence-corrected chi connectivity index (χ4v) is 3.23.